The minimum Gasteiger partial charge on any atom is -0.349 e. The summed E-state index contributed by atoms with van der Waals surface area (Å²) < 4.78 is 0. The third-order valence-corrected chi connectivity index (χ3v) is 4.55. The van der Waals surface area contributed by atoms with Crippen LogP contribution in [0.3, 0.4) is 0 Å². The second-order valence-corrected chi connectivity index (χ2v) is 6.07. The molecule has 18 heavy (non-hydrogen) atoms. The van der Waals surface area contributed by atoms with Crippen molar-refractivity contribution in [2.45, 2.75) is 39.2 Å². The van der Waals surface area contributed by atoms with Crippen LogP contribution in [-0.4, -0.2) is 5.91 Å². The Morgan fingerprint density at radius 2 is 1.78 bits per heavy atom. The van der Waals surface area contributed by atoms with Crippen LogP contribution in [0, 0.1) is 24.7 Å². The molecule has 2 saturated carbocycles. The quantitative estimate of drug-likeness (QED) is 0.867. The molecule has 96 valence electrons. The predicted molar refractivity (Wildman–Crippen MR) is 72.1 cm³/mol. The normalized spacial score (nSPS) is 30.7. The molecule has 2 aliphatic carbocycles. The van der Waals surface area contributed by atoms with Crippen molar-refractivity contribution in [3.05, 3.63) is 35.4 Å². The number of amides is 1. The van der Waals surface area contributed by atoms with Gasteiger partial charge >= 0.3 is 0 Å². The molecule has 0 saturated heterocycles. The van der Waals surface area contributed by atoms with Crippen LogP contribution >= 0.6 is 0 Å². The number of nitrogens with one attached hydrogen (secondary N) is 1. The monoisotopic (exact) mass is 243 g/mol. The van der Waals surface area contributed by atoms with Gasteiger partial charge in [-0.05, 0) is 50.5 Å². The lowest BCUT2D eigenvalue weighted by molar-refractivity contribution is -0.125. The van der Waals surface area contributed by atoms with Crippen LogP contribution in [0.1, 0.15) is 43.4 Å². The molecule has 0 aliphatic heterocycles. The summed E-state index contributed by atoms with van der Waals surface area (Å²) in [6, 6.07) is 8.53. The summed E-state index contributed by atoms with van der Waals surface area (Å²) in [4.78, 5) is 12.2. The smallest absolute Gasteiger partial charge is 0.223 e. The number of fused-ring (bicyclic) bond motifs is 1. The van der Waals surface area contributed by atoms with Crippen LogP contribution in [-0.2, 0) is 4.79 Å². The lowest BCUT2D eigenvalue weighted by atomic mass is 10.0. The molecule has 0 radical (unpaired) electrons. The zero-order valence-corrected chi connectivity index (χ0v) is 11.1. The highest BCUT2D eigenvalue weighted by Crippen LogP contribution is 2.54. The Bertz CT molecular complexity index is 441. The average molecular weight is 243 g/mol. The van der Waals surface area contributed by atoms with Crippen molar-refractivity contribution in [1.82, 2.24) is 5.32 Å². The lowest BCUT2D eigenvalue weighted by Crippen LogP contribution is -2.32. The van der Waals surface area contributed by atoms with Gasteiger partial charge in [-0.2, -0.15) is 0 Å². The van der Waals surface area contributed by atoms with Gasteiger partial charge in [0.2, 0.25) is 5.91 Å². The number of hydrogen-bond acceptors (Lipinski definition) is 1. The van der Waals surface area contributed by atoms with Crippen molar-refractivity contribution >= 4 is 5.91 Å². The van der Waals surface area contributed by atoms with Crippen LogP contribution in [0.15, 0.2) is 24.3 Å². The van der Waals surface area contributed by atoms with Crippen LogP contribution in [0.2, 0.25) is 0 Å². The van der Waals surface area contributed by atoms with Crippen LogP contribution in [0.5, 0.6) is 0 Å². The second kappa shape index (κ2) is 4.42. The second-order valence-electron chi connectivity index (χ2n) is 6.07. The van der Waals surface area contributed by atoms with Gasteiger partial charge in [-0.15, -0.1) is 0 Å². The largest absolute Gasteiger partial charge is 0.349 e. The zero-order chi connectivity index (χ0) is 12.7. The van der Waals surface area contributed by atoms with E-state index in [0.29, 0.717) is 0 Å². The lowest BCUT2D eigenvalue weighted by Gasteiger charge is -2.18. The molecule has 3 rings (SSSR count). The number of carbonyl (C=O) groups is 1. The molecule has 2 unspecified atom stereocenters. The molecule has 2 nitrogen and oxygen atoms in total. The fourth-order valence-electron chi connectivity index (χ4n) is 3.20. The van der Waals surface area contributed by atoms with E-state index in [1.165, 1.54) is 17.5 Å². The summed E-state index contributed by atoms with van der Waals surface area (Å²) >= 11 is 0. The summed E-state index contributed by atoms with van der Waals surface area (Å²) in [5.41, 5.74) is 2.45. The van der Waals surface area contributed by atoms with E-state index in [1.807, 2.05) is 0 Å². The first-order chi connectivity index (χ1) is 8.63. The molecule has 2 fully saturated rings. The van der Waals surface area contributed by atoms with Crippen molar-refractivity contribution < 1.29 is 4.79 Å². The van der Waals surface area contributed by atoms with Crippen molar-refractivity contribution in [1.29, 1.82) is 0 Å². The van der Waals surface area contributed by atoms with Crippen LogP contribution in [0.25, 0.3) is 0 Å². The molecule has 0 heterocycles. The van der Waals surface area contributed by atoms with E-state index in [1.54, 1.807) is 0 Å². The maximum absolute atomic E-state index is 12.2. The van der Waals surface area contributed by atoms with E-state index >= 15 is 0 Å². The summed E-state index contributed by atoms with van der Waals surface area (Å²) in [5.74, 6) is 2.28. The highest BCUT2D eigenvalue weighted by molar-refractivity contribution is 5.79. The first-order valence-electron chi connectivity index (χ1n) is 7.00. The fourth-order valence-corrected chi connectivity index (χ4v) is 3.20. The van der Waals surface area contributed by atoms with Gasteiger partial charge in [0.05, 0.1) is 6.04 Å². The van der Waals surface area contributed by atoms with E-state index in [0.717, 1.165) is 24.7 Å². The molecule has 1 amide bonds. The number of rotatable bonds is 3. The molecular formula is C16H21NO. The summed E-state index contributed by atoms with van der Waals surface area (Å²) in [6.45, 7) is 4.15. The van der Waals surface area contributed by atoms with Gasteiger partial charge in [0.25, 0.3) is 0 Å². The van der Waals surface area contributed by atoms with Crippen molar-refractivity contribution in [3.8, 4) is 0 Å². The standard InChI is InChI=1S/C16H21NO/c1-10-3-5-12(6-4-10)11(2)17-16(18)15-8-13-7-14(13)9-15/h3-6,11,13-15H,7-9H2,1-2H3,(H,17,18)/t11-,13?,14?,15?/m1/s1. The number of benzene rings is 1. The Labute approximate surface area is 109 Å². The molecule has 0 aromatic heterocycles. The molecule has 0 bridgehead atoms. The predicted octanol–water partition coefficient (Wildman–Crippen LogP) is 3.22. The number of hydrogen-bond donors (Lipinski definition) is 1. The molecule has 3 atom stereocenters. The average Bonchev–Trinajstić information content (AvgIpc) is 2.96. The zero-order valence-electron chi connectivity index (χ0n) is 11.1. The van der Waals surface area contributed by atoms with Crippen molar-refractivity contribution in [2.24, 2.45) is 17.8 Å². The molecule has 2 heteroatoms. The number of carbonyl (C=O) groups excluding carboxylic acids is 1. The van der Waals surface area contributed by atoms with E-state index in [2.05, 4.69) is 43.4 Å². The highest BCUT2D eigenvalue weighted by atomic mass is 16.1. The minimum atomic E-state index is 0.120. The number of aryl methyl sites for hydroxylation is 1. The summed E-state index contributed by atoms with van der Waals surface area (Å²) in [5, 5.41) is 3.16. The fraction of sp³-hybridized carbons (Fsp3) is 0.562. The highest BCUT2D eigenvalue weighted by Gasteiger charge is 2.48. The van der Waals surface area contributed by atoms with Crippen molar-refractivity contribution in [2.75, 3.05) is 0 Å². The maximum Gasteiger partial charge on any atom is 0.223 e. The maximum atomic E-state index is 12.2. The first kappa shape index (κ1) is 11.8. The van der Waals surface area contributed by atoms with Gasteiger partial charge in [-0.3, -0.25) is 4.79 Å². The topological polar surface area (TPSA) is 29.1 Å². The Morgan fingerprint density at radius 1 is 1.17 bits per heavy atom. The van der Waals surface area contributed by atoms with E-state index in [9.17, 15) is 4.79 Å². The molecule has 2 aliphatic rings. The van der Waals surface area contributed by atoms with Crippen LogP contribution < -0.4 is 5.32 Å². The Kier molecular flexibility index (Phi) is 2.89. The van der Waals surface area contributed by atoms with Gasteiger partial charge in [0, 0.05) is 5.92 Å². The van der Waals surface area contributed by atoms with E-state index < -0.39 is 0 Å². The molecule has 1 N–H and O–H groups in total. The van der Waals surface area contributed by atoms with Gasteiger partial charge in [-0.25, -0.2) is 0 Å². The van der Waals surface area contributed by atoms with E-state index in [4.69, 9.17) is 0 Å². The van der Waals surface area contributed by atoms with Crippen LogP contribution in [0.4, 0.5) is 0 Å². The van der Waals surface area contributed by atoms with Gasteiger partial charge < -0.3 is 5.32 Å². The van der Waals surface area contributed by atoms with Gasteiger partial charge in [-0.1, -0.05) is 29.8 Å². The first-order valence-corrected chi connectivity index (χ1v) is 7.00. The SMILES string of the molecule is Cc1ccc([C@@H](C)NC(=O)C2CC3CC3C2)cc1. The third-order valence-electron chi connectivity index (χ3n) is 4.55. The van der Waals surface area contributed by atoms with Gasteiger partial charge in [0.15, 0.2) is 0 Å². The molecular weight excluding hydrogens is 222 g/mol. The molecule has 1 aromatic carbocycles. The molecule has 1 aromatic rings. The van der Waals surface area contributed by atoms with Crippen molar-refractivity contribution in [3.63, 3.8) is 0 Å². The third kappa shape index (κ3) is 2.29. The minimum absolute atomic E-state index is 0.120. The summed E-state index contributed by atoms with van der Waals surface area (Å²) in [7, 11) is 0. The van der Waals surface area contributed by atoms with Gasteiger partial charge in [0.1, 0.15) is 0 Å². The van der Waals surface area contributed by atoms with E-state index in [-0.39, 0.29) is 17.9 Å². The Hall–Kier alpha value is -1.31. The molecule has 0 spiro atoms. The summed E-state index contributed by atoms with van der Waals surface area (Å²) in [6.07, 6.45) is 3.62. The Morgan fingerprint density at radius 3 is 2.39 bits per heavy atom. The Balaban J connectivity index is 1.58.